The second-order valence-electron chi connectivity index (χ2n) is 5.80. The predicted octanol–water partition coefficient (Wildman–Crippen LogP) is 6.34. The maximum Gasteiger partial charge on any atom is -0.0185 e. The van der Waals surface area contributed by atoms with E-state index in [1.165, 1.54) is 44.1 Å². The highest BCUT2D eigenvalue weighted by Crippen LogP contribution is 2.23. The van der Waals surface area contributed by atoms with Crippen molar-refractivity contribution in [2.45, 2.75) is 65.2 Å². The van der Waals surface area contributed by atoms with Crippen LogP contribution in [0.15, 0.2) is 42.5 Å². The molecule has 0 aromatic heterocycles. The summed E-state index contributed by atoms with van der Waals surface area (Å²) in [6.07, 6.45) is 12.7. The van der Waals surface area contributed by atoms with Gasteiger partial charge in [0.05, 0.1) is 0 Å². The Morgan fingerprint density at radius 2 is 1.74 bits per heavy atom. The van der Waals surface area contributed by atoms with E-state index in [4.69, 9.17) is 0 Å². The Kier molecular flexibility index (Phi) is 8.29. The van der Waals surface area contributed by atoms with E-state index in [1.807, 2.05) is 0 Å². The van der Waals surface area contributed by atoms with Crippen LogP contribution in [0.5, 0.6) is 0 Å². The summed E-state index contributed by atoms with van der Waals surface area (Å²) in [7, 11) is 0. The predicted molar refractivity (Wildman–Crippen MR) is 86.5 cm³/mol. The summed E-state index contributed by atoms with van der Waals surface area (Å²) >= 11 is 0. The summed E-state index contributed by atoms with van der Waals surface area (Å²) in [6, 6.07) is 10.9. The highest BCUT2D eigenvalue weighted by molar-refractivity contribution is 5.18. The normalized spacial score (nSPS) is 14.7. The largest absolute Gasteiger partial charge is 0.0883 e. The Labute approximate surface area is 119 Å². The first-order valence-electron chi connectivity index (χ1n) is 7.95. The van der Waals surface area contributed by atoms with Gasteiger partial charge in [-0.1, -0.05) is 82.5 Å². The molecule has 106 valence electrons. The summed E-state index contributed by atoms with van der Waals surface area (Å²) in [5.74, 6) is 1.34. The van der Waals surface area contributed by atoms with Crippen LogP contribution >= 0.6 is 0 Å². The molecule has 0 bridgehead atoms. The Balaban J connectivity index is 2.23. The van der Waals surface area contributed by atoms with Gasteiger partial charge in [-0.15, -0.1) is 0 Å². The summed E-state index contributed by atoms with van der Waals surface area (Å²) in [5, 5.41) is 0. The van der Waals surface area contributed by atoms with Gasteiger partial charge in [0.15, 0.2) is 0 Å². The van der Waals surface area contributed by atoms with Gasteiger partial charge in [-0.05, 0) is 36.7 Å². The summed E-state index contributed by atoms with van der Waals surface area (Å²) in [5.41, 5.74) is 1.46. The van der Waals surface area contributed by atoms with Crippen LogP contribution in [-0.2, 0) is 0 Å². The Bertz CT molecular complexity index is 336. The third-order valence-electron chi connectivity index (χ3n) is 3.78. The van der Waals surface area contributed by atoms with E-state index in [2.05, 4.69) is 63.3 Å². The van der Waals surface area contributed by atoms with Gasteiger partial charge in [-0.3, -0.25) is 0 Å². The van der Waals surface area contributed by atoms with Crippen molar-refractivity contribution >= 4 is 0 Å². The highest BCUT2D eigenvalue weighted by Gasteiger charge is 2.07. The molecule has 0 unspecified atom stereocenters. The van der Waals surface area contributed by atoms with Gasteiger partial charge in [0.25, 0.3) is 0 Å². The summed E-state index contributed by atoms with van der Waals surface area (Å²) in [6.45, 7) is 6.94. The number of unbranched alkanes of at least 4 members (excludes halogenated alkanes) is 4. The molecule has 0 amide bonds. The molecule has 1 rings (SSSR count). The minimum absolute atomic E-state index is 0.654. The molecule has 1 aromatic carbocycles. The highest BCUT2D eigenvalue weighted by atomic mass is 14.1. The van der Waals surface area contributed by atoms with E-state index in [1.54, 1.807) is 0 Å². The average Bonchev–Trinajstić information content (AvgIpc) is 2.43. The second kappa shape index (κ2) is 9.83. The van der Waals surface area contributed by atoms with Crippen LogP contribution in [-0.4, -0.2) is 0 Å². The van der Waals surface area contributed by atoms with Crippen molar-refractivity contribution in [2.75, 3.05) is 0 Å². The van der Waals surface area contributed by atoms with Crippen LogP contribution < -0.4 is 0 Å². The first-order chi connectivity index (χ1) is 9.24. The molecule has 0 aliphatic heterocycles. The monoisotopic (exact) mass is 258 g/mol. The smallest absolute Gasteiger partial charge is 0.0185 e. The molecule has 0 fully saturated rings. The van der Waals surface area contributed by atoms with Gasteiger partial charge in [-0.25, -0.2) is 0 Å². The summed E-state index contributed by atoms with van der Waals surface area (Å²) in [4.78, 5) is 0. The number of hydrogen-bond donors (Lipinski definition) is 0. The first-order valence-corrected chi connectivity index (χ1v) is 7.95. The quantitative estimate of drug-likeness (QED) is 0.358. The van der Waals surface area contributed by atoms with Crippen LogP contribution in [0, 0.1) is 5.92 Å². The zero-order valence-corrected chi connectivity index (χ0v) is 12.9. The van der Waals surface area contributed by atoms with Gasteiger partial charge in [0.1, 0.15) is 0 Å². The molecule has 1 aromatic rings. The third kappa shape index (κ3) is 7.20. The Hall–Kier alpha value is -1.04. The lowest BCUT2D eigenvalue weighted by Gasteiger charge is -2.14. The fourth-order valence-electron chi connectivity index (χ4n) is 2.57. The number of allylic oxidation sites excluding steroid dienone is 2. The van der Waals surface area contributed by atoms with Crippen molar-refractivity contribution in [2.24, 2.45) is 5.92 Å². The van der Waals surface area contributed by atoms with Gasteiger partial charge in [0.2, 0.25) is 0 Å². The summed E-state index contributed by atoms with van der Waals surface area (Å²) < 4.78 is 0. The standard InChI is InChI=1S/C19H30/c1-4-5-6-7-8-10-13-17(2)16-18(3)19-14-11-9-12-15-19/h9-15,17-18H,4-8,16H2,1-3H3/b13-10+/t17-,18-/m0/s1. The lowest BCUT2D eigenvalue weighted by molar-refractivity contribution is 0.565. The van der Waals surface area contributed by atoms with E-state index in [-0.39, 0.29) is 0 Å². The molecule has 0 heteroatoms. The second-order valence-corrected chi connectivity index (χ2v) is 5.80. The van der Waals surface area contributed by atoms with E-state index in [0.29, 0.717) is 11.8 Å². The van der Waals surface area contributed by atoms with Crippen molar-refractivity contribution in [1.82, 2.24) is 0 Å². The van der Waals surface area contributed by atoms with Crippen LogP contribution in [0.2, 0.25) is 0 Å². The third-order valence-corrected chi connectivity index (χ3v) is 3.78. The van der Waals surface area contributed by atoms with E-state index in [0.717, 1.165) is 0 Å². The topological polar surface area (TPSA) is 0 Å². The maximum absolute atomic E-state index is 2.41. The van der Waals surface area contributed by atoms with Crippen molar-refractivity contribution in [1.29, 1.82) is 0 Å². The molecule has 0 spiro atoms. The molecule has 0 aliphatic rings. The minimum atomic E-state index is 0.654. The molecule has 0 saturated heterocycles. The molecule has 2 atom stereocenters. The zero-order chi connectivity index (χ0) is 13.9. The number of hydrogen-bond acceptors (Lipinski definition) is 0. The molecular formula is C19H30. The Morgan fingerprint density at radius 1 is 1.00 bits per heavy atom. The van der Waals surface area contributed by atoms with Crippen molar-refractivity contribution in [3.05, 3.63) is 48.0 Å². The maximum atomic E-state index is 2.41. The minimum Gasteiger partial charge on any atom is -0.0883 e. The van der Waals surface area contributed by atoms with Gasteiger partial charge in [0, 0.05) is 0 Å². The number of benzene rings is 1. The van der Waals surface area contributed by atoms with Gasteiger partial charge in [-0.2, -0.15) is 0 Å². The molecule has 0 nitrogen and oxygen atoms in total. The Morgan fingerprint density at radius 3 is 2.42 bits per heavy atom. The SMILES string of the molecule is CCCCCC/C=C/[C@H](C)C[C@H](C)c1ccccc1. The van der Waals surface area contributed by atoms with Crippen molar-refractivity contribution < 1.29 is 0 Å². The van der Waals surface area contributed by atoms with E-state index in [9.17, 15) is 0 Å². The van der Waals surface area contributed by atoms with E-state index >= 15 is 0 Å². The molecule has 0 N–H and O–H groups in total. The zero-order valence-electron chi connectivity index (χ0n) is 12.9. The van der Waals surface area contributed by atoms with Crippen molar-refractivity contribution in [3.63, 3.8) is 0 Å². The molecule has 0 saturated carbocycles. The molecule has 19 heavy (non-hydrogen) atoms. The molecule has 0 radical (unpaired) electrons. The van der Waals surface area contributed by atoms with Crippen LogP contribution in [0.1, 0.15) is 70.8 Å². The average molecular weight is 258 g/mol. The fourth-order valence-corrected chi connectivity index (χ4v) is 2.57. The molecule has 0 heterocycles. The molecule has 0 aliphatic carbocycles. The van der Waals surface area contributed by atoms with Gasteiger partial charge < -0.3 is 0 Å². The lowest BCUT2D eigenvalue weighted by atomic mass is 9.91. The number of rotatable bonds is 9. The van der Waals surface area contributed by atoms with E-state index < -0.39 is 0 Å². The van der Waals surface area contributed by atoms with Crippen LogP contribution in [0.25, 0.3) is 0 Å². The van der Waals surface area contributed by atoms with Crippen molar-refractivity contribution in [3.8, 4) is 0 Å². The van der Waals surface area contributed by atoms with Crippen LogP contribution in [0.3, 0.4) is 0 Å². The first kappa shape index (κ1) is 16.0. The van der Waals surface area contributed by atoms with Crippen LogP contribution in [0.4, 0.5) is 0 Å². The molecular weight excluding hydrogens is 228 g/mol. The fraction of sp³-hybridized carbons (Fsp3) is 0.579. The van der Waals surface area contributed by atoms with Gasteiger partial charge >= 0.3 is 0 Å². The lowest BCUT2D eigenvalue weighted by Crippen LogP contribution is -1.99.